The SMILES string of the molecule is COCCn1c(SCC(=O)Nc2cc(OC)ccc2OC)nc2ccccc21. The van der Waals surface area contributed by atoms with Gasteiger partial charge in [0.2, 0.25) is 5.91 Å². The number of nitrogens with zero attached hydrogens (tertiary/aromatic N) is 2. The number of benzene rings is 2. The van der Waals surface area contributed by atoms with Crippen molar-refractivity contribution in [3.8, 4) is 11.5 Å². The topological polar surface area (TPSA) is 74.6 Å². The van der Waals surface area contributed by atoms with Crippen LogP contribution in [0.4, 0.5) is 5.69 Å². The van der Waals surface area contributed by atoms with Crippen molar-refractivity contribution in [1.82, 2.24) is 9.55 Å². The minimum absolute atomic E-state index is 0.151. The van der Waals surface area contributed by atoms with E-state index in [1.165, 1.54) is 11.8 Å². The van der Waals surface area contributed by atoms with Crippen LogP contribution in [0.25, 0.3) is 11.0 Å². The first-order valence-corrected chi connectivity index (χ1v) is 9.73. The minimum atomic E-state index is -0.151. The van der Waals surface area contributed by atoms with E-state index in [1.807, 2.05) is 24.3 Å². The summed E-state index contributed by atoms with van der Waals surface area (Å²) in [5.74, 6) is 1.29. The van der Waals surface area contributed by atoms with Gasteiger partial charge in [-0.1, -0.05) is 23.9 Å². The van der Waals surface area contributed by atoms with Gasteiger partial charge in [0.1, 0.15) is 11.5 Å². The number of rotatable bonds is 9. The van der Waals surface area contributed by atoms with E-state index in [2.05, 4.69) is 14.9 Å². The Hall–Kier alpha value is -2.71. The Morgan fingerprint density at radius 3 is 2.71 bits per heavy atom. The van der Waals surface area contributed by atoms with Gasteiger partial charge in [0.05, 0.1) is 43.3 Å². The number of aromatic nitrogens is 2. The Morgan fingerprint density at radius 1 is 1.14 bits per heavy atom. The number of ether oxygens (including phenoxy) is 3. The molecule has 8 heteroatoms. The second-order valence-electron chi connectivity index (χ2n) is 5.93. The fourth-order valence-electron chi connectivity index (χ4n) is 2.79. The van der Waals surface area contributed by atoms with Crippen molar-refractivity contribution in [2.45, 2.75) is 11.7 Å². The van der Waals surface area contributed by atoms with Crippen LogP contribution in [0.5, 0.6) is 11.5 Å². The number of hydrogen-bond donors (Lipinski definition) is 1. The molecule has 0 bridgehead atoms. The zero-order valence-electron chi connectivity index (χ0n) is 16.1. The van der Waals surface area contributed by atoms with Gasteiger partial charge in [-0.2, -0.15) is 0 Å². The number of hydrogen-bond acceptors (Lipinski definition) is 6. The number of methoxy groups -OCH3 is 3. The second-order valence-corrected chi connectivity index (χ2v) is 6.87. The lowest BCUT2D eigenvalue weighted by Gasteiger charge is -2.12. The van der Waals surface area contributed by atoms with Gasteiger partial charge in [0, 0.05) is 19.7 Å². The minimum Gasteiger partial charge on any atom is -0.497 e. The predicted molar refractivity (Wildman–Crippen MR) is 111 cm³/mol. The maximum Gasteiger partial charge on any atom is 0.234 e. The third-order valence-electron chi connectivity index (χ3n) is 4.15. The lowest BCUT2D eigenvalue weighted by Crippen LogP contribution is -2.15. The summed E-state index contributed by atoms with van der Waals surface area (Å²) in [5, 5.41) is 3.66. The Bertz CT molecular complexity index is 958. The molecule has 28 heavy (non-hydrogen) atoms. The summed E-state index contributed by atoms with van der Waals surface area (Å²) in [6, 6.07) is 13.2. The highest BCUT2D eigenvalue weighted by atomic mass is 32.2. The van der Waals surface area contributed by atoms with Crippen LogP contribution in [0.15, 0.2) is 47.6 Å². The zero-order valence-corrected chi connectivity index (χ0v) is 16.9. The van der Waals surface area contributed by atoms with Crippen LogP contribution in [-0.2, 0) is 16.1 Å². The fourth-order valence-corrected chi connectivity index (χ4v) is 3.63. The van der Waals surface area contributed by atoms with Gasteiger partial charge in [-0.05, 0) is 24.3 Å². The summed E-state index contributed by atoms with van der Waals surface area (Å²) in [6.45, 7) is 1.24. The maximum atomic E-state index is 12.5. The smallest absolute Gasteiger partial charge is 0.234 e. The van der Waals surface area contributed by atoms with Gasteiger partial charge in [-0.15, -0.1) is 0 Å². The molecule has 2 aromatic carbocycles. The lowest BCUT2D eigenvalue weighted by molar-refractivity contribution is -0.113. The number of amides is 1. The molecule has 0 saturated carbocycles. The number of thioether (sulfide) groups is 1. The van der Waals surface area contributed by atoms with Gasteiger partial charge < -0.3 is 24.1 Å². The van der Waals surface area contributed by atoms with Crippen molar-refractivity contribution in [2.24, 2.45) is 0 Å². The molecule has 3 aromatic rings. The van der Waals surface area contributed by atoms with Crippen molar-refractivity contribution in [1.29, 1.82) is 0 Å². The first kappa shape index (κ1) is 20.0. The molecule has 1 heterocycles. The molecular weight excluding hydrogens is 378 g/mol. The predicted octanol–water partition coefficient (Wildman–Crippen LogP) is 3.43. The van der Waals surface area contributed by atoms with Gasteiger partial charge in [-0.25, -0.2) is 4.98 Å². The number of fused-ring (bicyclic) bond motifs is 1. The Kier molecular flexibility index (Phi) is 6.78. The van der Waals surface area contributed by atoms with Gasteiger partial charge in [-0.3, -0.25) is 4.79 Å². The van der Waals surface area contributed by atoms with Crippen molar-refractivity contribution in [3.05, 3.63) is 42.5 Å². The highest BCUT2D eigenvalue weighted by Gasteiger charge is 2.14. The third-order valence-corrected chi connectivity index (χ3v) is 5.13. The summed E-state index contributed by atoms with van der Waals surface area (Å²) in [7, 11) is 4.80. The average Bonchev–Trinajstić information content (AvgIpc) is 3.08. The van der Waals surface area contributed by atoms with E-state index >= 15 is 0 Å². The number of imidazole rings is 1. The van der Waals surface area contributed by atoms with Gasteiger partial charge in [0.15, 0.2) is 5.16 Å². The number of para-hydroxylation sites is 2. The zero-order chi connectivity index (χ0) is 19.9. The fraction of sp³-hybridized carbons (Fsp3) is 0.300. The van der Waals surface area contributed by atoms with E-state index in [0.29, 0.717) is 30.3 Å². The molecule has 0 unspecified atom stereocenters. The largest absolute Gasteiger partial charge is 0.497 e. The Morgan fingerprint density at radius 2 is 1.96 bits per heavy atom. The quantitative estimate of drug-likeness (QED) is 0.554. The molecule has 3 rings (SSSR count). The second kappa shape index (κ2) is 9.48. The standard InChI is InChI=1S/C20H23N3O4S/c1-25-11-10-23-17-7-5-4-6-15(17)22-20(23)28-13-19(24)21-16-12-14(26-2)8-9-18(16)27-3/h4-9,12H,10-11,13H2,1-3H3,(H,21,24). The molecule has 0 aliphatic rings. The van der Waals surface area contributed by atoms with E-state index in [0.717, 1.165) is 16.2 Å². The molecule has 0 spiro atoms. The van der Waals surface area contributed by atoms with Crippen LogP contribution in [0.2, 0.25) is 0 Å². The highest BCUT2D eigenvalue weighted by molar-refractivity contribution is 7.99. The van der Waals surface area contributed by atoms with E-state index in [1.54, 1.807) is 39.5 Å². The molecule has 0 saturated heterocycles. The number of carbonyl (C=O) groups is 1. The number of carbonyl (C=O) groups excluding carboxylic acids is 1. The summed E-state index contributed by atoms with van der Waals surface area (Å²) < 4.78 is 17.8. The third kappa shape index (κ3) is 4.58. The first-order valence-electron chi connectivity index (χ1n) is 8.75. The van der Waals surface area contributed by atoms with Crippen LogP contribution in [0, 0.1) is 0 Å². The van der Waals surface area contributed by atoms with Gasteiger partial charge >= 0.3 is 0 Å². The van der Waals surface area contributed by atoms with Crippen molar-refractivity contribution in [2.75, 3.05) is 39.0 Å². The van der Waals surface area contributed by atoms with Crippen molar-refractivity contribution in [3.63, 3.8) is 0 Å². The molecule has 0 atom stereocenters. The molecule has 1 aromatic heterocycles. The molecule has 1 N–H and O–H groups in total. The average molecular weight is 401 g/mol. The molecule has 0 radical (unpaired) electrons. The first-order chi connectivity index (χ1) is 13.7. The van der Waals surface area contributed by atoms with Crippen molar-refractivity contribution < 1.29 is 19.0 Å². The monoisotopic (exact) mass is 401 g/mol. The molecule has 148 valence electrons. The van der Waals surface area contributed by atoms with Crippen LogP contribution < -0.4 is 14.8 Å². The maximum absolute atomic E-state index is 12.5. The van der Waals surface area contributed by atoms with Crippen molar-refractivity contribution >= 4 is 34.4 Å². The Labute approximate surface area is 168 Å². The van der Waals surface area contributed by atoms with Crippen LogP contribution >= 0.6 is 11.8 Å². The number of anilines is 1. The summed E-state index contributed by atoms with van der Waals surface area (Å²) in [5.41, 5.74) is 2.49. The lowest BCUT2D eigenvalue weighted by atomic mass is 10.2. The summed E-state index contributed by atoms with van der Waals surface area (Å²) in [6.07, 6.45) is 0. The van der Waals surface area contributed by atoms with E-state index < -0.39 is 0 Å². The van der Waals surface area contributed by atoms with Crippen LogP contribution in [0.3, 0.4) is 0 Å². The molecule has 1 amide bonds. The van der Waals surface area contributed by atoms with E-state index in [4.69, 9.17) is 14.2 Å². The summed E-state index contributed by atoms with van der Waals surface area (Å²) in [4.78, 5) is 17.2. The van der Waals surface area contributed by atoms with Crippen LogP contribution in [0.1, 0.15) is 0 Å². The summed E-state index contributed by atoms with van der Waals surface area (Å²) >= 11 is 1.39. The Balaban J connectivity index is 1.73. The molecule has 0 aliphatic carbocycles. The number of nitrogens with one attached hydrogen (secondary N) is 1. The molecular formula is C20H23N3O4S. The molecule has 0 fully saturated rings. The molecule has 7 nitrogen and oxygen atoms in total. The van der Waals surface area contributed by atoms with Gasteiger partial charge in [0.25, 0.3) is 0 Å². The molecule has 0 aliphatic heterocycles. The van der Waals surface area contributed by atoms with Crippen LogP contribution in [-0.4, -0.2) is 49.1 Å². The van der Waals surface area contributed by atoms with E-state index in [-0.39, 0.29) is 11.7 Å². The highest BCUT2D eigenvalue weighted by Crippen LogP contribution is 2.29. The van der Waals surface area contributed by atoms with E-state index in [9.17, 15) is 4.79 Å². The normalized spacial score (nSPS) is 10.8.